The molecule has 0 heteroatoms. The van der Waals surface area contributed by atoms with Crippen molar-refractivity contribution in [2.75, 3.05) is 0 Å². The third kappa shape index (κ3) is 6.45. The zero-order chi connectivity index (χ0) is 9.61. The van der Waals surface area contributed by atoms with Crippen LogP contribution in [0.2, 0.25) is 0 Å². The molecule has 0 saturated carbocycles. The Morgan fingerprint density at radius 2 is 1.42 bits per heavy atom. The second-order valence-electron chi connectivity index (χ2n) is 4.67. The summed E-state index contributed by atoms with van der Waals surface area (Å²) >= 11 is 0. The van der Waals surface area contributed by atoms with Crippen molar-refractivity contribution in [3.63, 3.8) is 0 Å². The second kappa shape index (κ2) is 5.40. The van der Waals surface area contributed by atoms with E-state index in [0.29, 0.717) is 5.41 Å². The Bertz CT molecular complexity index is 127. The number of allylic oxidation sites excluding steroid dienone is 2. The van der Waals surface area contributed by atoms with E-state index in [4.69, 9.17) is 0 Å². The molecule has 0 aliphatic rings. The molecule has 0 atom stereocenters. The molecular formula is C12H24. The van der Waals surface area contributed by atoms with Gasteiger partial charge >= 0.3 is 0 Å². The maximum absolute atomic E-state index is 2.44. The van der Waals surface area contributed by atoms with Gasteiger partial charge in [0.15, 0.2) is 0 Å². The molecule has 0 unspecified atom stereocenters. The number of hydrogen-bond acceptors (Lipinski definition) is 0. The minimum atomic E-state index is 0.361. The lowest BCUT2D eigenvalue weighted by molar-refractivity contribution is 0.533. The van der Waals surface area contributed by atoms with Gasteiger partial charge in [0.05, 0.1) is 0 Å². The first-order valence-electron chi connectivity index (χ1n) is 5.20. The summed E-state index contributed by atoms with van der Waals surface area (Å²) in [4.78, 5) is 0. The van der Waals surface area contributed by atoms with E-state index in [1.54, 1.807) is 5.57 Å². The van der Waals surface area contributed by atoms with Crippen LogP contribution in [0, 0.1) is 5.41 Å². The second-order valence-corrected chi connectivity index (χ2v) is 4.67. The van der Waals surface area contributed by atoms with Gasteiger partial charge in [-0.1, -0.05) is 59.1 Å². The average Bonchev–Trinajstić information content (AvgIpc) is 1.84. The van der Waals surface area contributed by atoms with Crippen molar-refractivity contribution in [3.05, 3.63) is 11.6 Å². The molecule has 0 aliphatic heterocycles. The van der Waals surface area contributed by atoms with E-state index in [0.717, 1.165) is 0 Å². The highest BCUT2D eigenvalue weighted by atomic mass is 14.1. The van der Waals surface area contributed by atoms with Gasteiger partial charge in [0.2, 0.25) is 0 Å². The van der Waals surface area contributed by atoms with Crippen LogP contribution in [0.1, 0.15) is 60.3 Å². The highest BCUT2D eigenvalue weighted by molar-refractivity contribution is 5.06. The molecule has 0 heterocycles. The van der Waals surface area contributed by atoms with Crippen molar-refractivity contribution < 1.29 is 0 Å². The van der Waals surface area contributed by atoms with Gasteiger partial charge in [0.1, 0.15) is 0 Å². The summed E-state index contributed by atoms with van der Waals surface area (Å²) in [6.45, 7) is 11.3. The molecule has 0 nitrogen and oxygen atoms in total. The van der Waals surface area contributed by atoms with E-state index in [9.17, 15) is 0 Å². The van der Waals surface area contributed by atoms with Crippen molar-refractivity contribution in [2.45, 2.75) is 60.3 Å². The van der Waals surface area contributed by atoms with E-state index in [2.05, 4.69) is 40.7 Å². The lowest BCUT2D eigenvalue weighted by Gasteiger charge is -2.15. The van der Waals surface area contributed by atoms with Gasteiger partial charge in [-0.25, -0.2) is 0 Å². The zero-order valence-corrected chi connectivity index (χ0v) is 9.41. The Hall–Kier alpha value is -0.260. The predicted molar refractivity (Wildman–Crippen MR) is 57.4 cm³/mol. The molecule has 0 radical (unpaired) electrons. The summed E-state index contributed by atoms with van der Waals surface area (Å²) in [5.74, 6) is 0. The first kappa shape index (κ1) is 11.7. The molecule has 0 fully saturated rings. The molecule has 0 N–H and O–H groups in total. The van der Waals surface area contributed by atoms with Gasteiger partial charge in [-0.3, -0.25) is 0 Å². The van der Waals surface area contributed by atoms with Gasteiger partial charge < -0.3 is 0 Å². The lowest BCUT2D eigenvalue weighted by Crippen LogP contribution is -2.01. The summed E-state index contributed by atoms with van der Waals surface area (Å²) in [6, 6.07) is 0. The van der Waals surface area contributed by atoms with Crippen LogP contribution in [0.3, 0.4) is 0 Å². The van der Waals surface area contributed by atoms with Gasteiger partial charge in [-0.15, -0.1) is 0 Å². The molecule has 0 rings (SSSR count). The average molecular weight is 168 g/mol. The molecular weight excluding hydrogens is 144 g/mol. The van der Waals surface area contributed by atoms with Gasteiger partial charge in [0.25, 0.3) is 0 Å². The van der Waals surface area contributed by atoms with Crippen molar-refractivity contribution >= 4 is 0 Å². The highest BCUT2D eigenvalue weighted by Crippen LogP contribution is 2.22. The third-order valence-electron chi connectivity index (χ3n) is 1.78. The summed E-state index contributed by atoms with van der Waals surface area (Å²) in [5.41, 5.74) is 2.01. The summed E-state index contributed by atoms with van der Waals surface area (Å²) < 4.78 is 0. The Balaban J connectivity index is 4.17. The fraction of sp³-hybridized carbons (Fsp3) is 0.833. The smallest absolute Gasteiger partial charge is 0.0200 e. The van der Waals surface area contributed by atoms with E-state index in [1.165, 1.54) is 25.7 Å². The molecule has 0 saturated heterocycles. The molecule has 0 aromatic heterocycles. The maximum atomic E-state index is 2.44. The van der Waals surface area contributed by atoms with Crippen molar-refractivity contribution in [1.82, 2.24) is 0 Å². The largest absolute Gasteiger partial charge is 0.0799 e. The van der Waals surface area contributed by atoms with E-state index in [1.807, 2.05) is 0 Å². The minimum Gasteiger partial charge on any atom is -0.0799 e. The molecule has 72 valence electrons. The quantitative estimate of drug-likeness (QED) is 0.540. The van der Waals surface area contributed by atoms with Crippen molar-refractivity contribution in [3.8, 4) is 0 Å². The van der Waals surface area contributed by atoms with Crippen LogP contribution in [0.5, 0.6) is 0 Å². The van der Waals surface area contributed by atoms with E-state index in [-0.39, 0.29) is 0 Å². The lowest BCUT2D eigenvalue weighted by atomic mass is 9.90. The minimum absolute atomic E-state index is 0.361. The number of hydrogen-bond donors (Lipinski definition) is 0. The maximum Gasteiger partial charge on any atom is -0.0200 e. The topological polar surface area (TPSA) is 0 Å². The molecule has 0 amide bonds. The first-order chi connectivity index (χ1) is 5.49. The fourth-order valence-corrected chi connectivity index (χ4v) is 1.52. The monoisotopic (exact) mass is 168 g/mol. The van der Waals surface area contributed by atoms with E-state index >= 15 is 0 Å². The standard InChI is InChI=1S/C12H24/c1-6-8-11(9-7-2)10-12(3,4)5/h10H,6-9H2,1-5H3. The normalized spacial score (nSPS) is 11.4. The zero-order valence-electron chi connectivity index (χ0n) is 9.41. The Kier molecular flexibility index (Phi) is 5.28. The molecule has 12 heavy (non-hydrogen) atoms. The van der Waals surface area contributed by atoms with Gasteiger partial charge in [-0.05, 0) is 18.3 Å². The Labute approximate surface area is 78.1 Å². The van der Waals surface area contributed by atoms with Crippen LogP contribution < -0.4 is 0 Å². The van der Waals surface area contributed by atoms with Crippen LogP contribution >= 0.6 is 0 Å². The predicted octanol–water partition coefficient (Wildman–Crippen LogP) is 4.56. The van der Waals surface area contributed by atoms with Crippen LogP contribution in [0.4, 0.5) is 0 Å². The van der Waals surface area contributed by atoms with Crippen LogP contribution in [0.15, 0.2) is 11.6 Å². The summed E-state index contributed by atoms with van der Waals surface area (Å²) in [5, 5.41) is 0. The SMILES string of the molecule is CCCC(=CC(C)(C)C)CCC. The molecule has 0 aromatic rings. The Morgan fingerprint density at radius 1 is 1.00 bits per heavy atom. The van der Waals surface area contributed by atoms with Crippen LogP contribution in [-0.2, 0) is 0 Å². The first-order valence-corrected chi connectivity index (χ1v) is 5.20. The summed E-state index contributed by atoms with van der Waals surface area (Å²) in [7, 11) is 0. The van der Waals surface area contributed by atoms with Crippen molar-refractivity contribution in [2.24, 2.45) is 5.41 Å². The van der Waals surface area contributed by atoms with E-state index < -0.39 is 0 Å². The van der Waals surface area contributed by atoms with Crippen LogP contribution in [0.25, 0.3) is 0 Å². The van der Waals surface area contributed by atoms with Gasteiger partial charge in [0, 0.05) is 0 Å². The van der Waals surface area contributed by atoms with Gasteiger partial charge in [-0.2, -0.15) is 0 Å². The molecule has 0 spiro atoms. The third-order valence-corrected chi connectivity index (χ3v) is 1.78. The van der Waals surface area contributed by atoms with Crippen LogP contribution in [-0.4, -0.2) is 0 Å². The Morgan fingerprint density at radius 3 is 1.67 bits per heavy atom. The molecule has 0 aliphatic carbocycles. The highest BCUT2D eigenvalue weighted by Gasteiger charge is 2.07. The summed E-state index contributed by atoms with van der Waals surface area (Å²) in [6.07, 6.45) is 7.57. The molecule has 0 aromatic carbocycles. The molecule has 0 bridgehead atoms. The fourth-order valence-electron chi connectivity index (χ4n) is 1.52. The number of rotatable bonds is 4. The van der Waals surface area contributed by atoms with Crippen molar-refractivity contribution in [1.29, 1.82) is 0 Å².